The van der Waals surface area contributed by atoms with Gasteiger partial charge in [-0.1, -0.05) is 114 Å². The second-order valence-electron chi connectivity index (χ2n) is 5.64. The molecule has 0 aliphatic carbocycles. The summed E-state index contributed by atoms with van der Waals surface area (Å²) in [5, 5.41) is 0. The Balaban J connectivity index is -0.000000607. The summed E-state index contributed by atoms with van der Waals surface area (Å²) in [4.78, 5) is 0. The van der Waals surface area contributed by atoms with E-state index in [9.17, 15) is 0 Å². The molecule has 1 aromatic carbocycles. The molecule has 0 radical (unpaired) electrons. The molecule has 0 aliphatic rings. The summed E-state index contributed by atoms with van der Waals surface area (Å²) in [5.74, 6) is 0. The zero-order chi connectivity index (χ0) is 18.5. The van der Waals surface area contributed by atoms with Gasteiger partial charge in [-0.3, -0.25) is 0 Å². The summed E-state index contributed by atoms with van der Waals surface area (Å²) in [6.07, 6.45) is 16.2. The number of aryl methyl sites for hydroxylation is 1. The number of benzene rings is 1. The van der Waals surface area contributed by atoms with Crippen molar-refractivity contribution in [2.75, 3.05) is 0 Å². The minimum Gasteiger partial charge on any atom is -0.0988 e. The van der Waals surface area contributed by atoms with Gasteiger partial charge in [0.05, 0.1) is 0 Å². The third kappa shape index (κ3) is 22.4. The Morgan fingerprint density at radius 1 is 0.840 bits per heavy atom. The summed E-state index contributed by atoms with van der Waals surface area (Å²) in [5.41, 5.74) is 2.65. The highest BCUT2D eigenvalue weighted by atomic mass is 14.0. The molecule has 25 heavy (non-hydrogen) atoms. The van der Waals surface area contributed by atoms with Crippen molar-refractivity contribution < 1.29 is 0 Å². The van der Waals surface area contributed by atoms with Crippen LogP contribution in [0.5, 0.6) is 0 Å². The summed E-state index contributed by atoms with van der Waals surface area (Å²) in [7, 11) is 0. The second-order valence-corrected chi connectivity index (χ2v) is 5.64. The first-order chi connectivity index (χ1) is 11.7. The second kappa shape index (κ2) is 24.7. The van der Waals surface area contributed by atoms with Crippen molar-refractivity contribution in [2.24, 2.45) is 0 Å². The third-order valence-corrected chi connectivity index (χ3v) is 3.68. The molecule has 0 heterocycles. The molecule has 0 aliphatic heterocycles. The van der Waals surface area contributed by atoms with Crippen LogP contribution < -0.4 is 0 Å². The SMILES string of the molecule is C.C/C=C/C.C=CC(=C)CCCCCCCCc1ccccc1.CC. The Kier molecular flexibility index (Phi) is 27.9. The molecule has 0 spiro atoms. The molecule has 0 saturated carbocycles. The van der Waals surface area contributed by atoms with Gasteiger partial charge in [0.25, 0.3) is 0 Å². The largest absolute Gasteiger partial charge is 0.0988 e. The molecular formula is C25H44. The number of unbranched alkanes of at least 4 members (excludes halogenated alkanes) is 5. The maximum atomic E-state index is 3.94. The Hall–Kier alpha value is -1.56. The molecule has 0 atom stereocenters. The smallest absolute Gasteiger partial charge is 0.0279 e. The molecule has 0 bridgehead atoms. The fourth-order valence-corrected chi connectivity index (χ4v) is 2.14. The maximum absolute atomic E-state index is 3.94. The summed E-state index contributed by atoms with van der Waals surface area (Å²) in [6.45, 7) is 15.7. The fourth-order valence-electron chi connectivity index (χ4n) is 2.14. The molecule has 0 heteroatoms. The van der Waals surface area contributed by atoms with Gasteiger partial charge < -0.3 is 0 Å². The first-order valence-electron chi connectivity index (χ1n) is 9.66. The molecule has 1 rings (SSSR count). The fraction of sp³-hybridized carbons (Fsp3) is 0.520. The van der Waals surface area contributed by atoms with E-state index in [1.165, 1.54) is 56.1 Å². The summed E-state index contributed by atoms with van der Waals surface area (Å²) < 4.78 is 0. The van der Waals surface area contributed by atoms with Crippen molar-refractivity contribution in [2.45, 2.75) is 86.5 Å². The highest BCUT2D eigenvalue weighted by Crippen LogP contribution is 2.12. The van der Waals surface area contributed by atoms with Gasteiger partial charge in [0.1, 0.15) is 0 Å². The number of allylic oxidation sites excluding steroid dienone is 4. The van der Waals surface area contributed by atoms with Gasteiger partial charge >= 0.3 is 0 Å². The topological polar surface area (TPSA) is 0 Å². The van der Waals surface area contributed by atoms with Gasteiger partial charge in [-0.2, -0.15) is 0 Å². The standard InChI is InChI=1S/C18H26.C4H8.C2H6.CH4/c1-3-17(2)13-9-6-4-5-7-10-14-18-15-11-8-12-16-18;1-3-4-2;1-2;/h3,8,11-12,15-16H,1-2,4-7,9-10,13-14H2;3-4H,1-2H3;1-2H3;1H4/b;4-3+;;. The molecule has 0 fully saturated rings. The lowest BCUT2D eigenvalue weighted by Crippen LogP contribution is -1.86. The van der Waals surface area contributed by atoms with Crippen LogP contribution >= 0.6 is 0 Å². The number of hydrogen-bond acceptors (Lipinski definition) is 0. The van der Waals surface area contributed by atoms with Crippen LogP contribution in [0.25, 0.3) is 0 Å². The van der Waals surface area contributed by atoms with Crippen molar-refractivity contribution in [3.63, 3.8) is 0 Å². The zero-order valence-corrected chi connectivity index (χ0v) is 16.7. The van der Waals surface area contributed by atoms with E-state index in [1.807, 2.05) is 45.9 Å². The first kappa shape index (κ1) is 28.3. The predicted octanol–water partition coefficient (Wildman–Crippen LogP) is 8.95. The quantitative estimate of drug-likeness (QED) is 0.226. The molecule has 0 N–H and O–H groups in total. The molecular weight excluding hydrogens is 300 g/mol. The zero-order valence-electron chi connectivity index (χ0n) is 16.7. The van der Waals surface area contributed by atoms with E-state index in [4.69, 9.17) is 0 Å². The van der Waals surface area contributed by atoms with Crippen molar-refractivity contribution in [3.8, 4) is 0 Å². The molecule has 0 amide bonds. The monoisotopic (exact) mass is 344 g/mol. The Labute approximate surface area is 159 Å². The van der Waals surface area contributed by atoms with Crippen molar-refractivity contribution in [1.29, 1.82) is 0 Å². The van der Waals surface area contributed by atoms with Crippen LogP contribution in [0.4, 0.5) is 0 Å². The van der Waals surface area contributed by atoms with Crippen molar-refractivity contribution in [1.82, 2.24) is 0 Å². The van der Waals surface area contributed by atoms with E-state index in [0.717, 1.165) is 6.42 Å². The minimum absolute atomic E-state index is 0. The Morgan fingerprint density at radius 2 is 1.32 bits per heavy atom. The minimum atomic E-state index is 0. The van der Waals surface area contributed by atoms with Crippen LogP contribution in [0.1, 0.15) is 85.6 Å². The van der Waals surface area contributed by atoms with Crippen LogP contribution in [-0.4, -0.2) is 0 Å². The average molecular weight is 345 g/mol. The van der Waals surface area contributed by atoms with Crippen molar-refractivity contribution in [3.05, 3.63) is 72.9 Å². The van der Waals surface area contributed by atoms with E-state index >= 15 is 0 Å². The van der Waals surface area contributed by atoms with Gasteiger partial charge in [-0.25, -0.2) is 0 Å². The van der Waals surface area contributed by atoms with Crippen LogP contribution in [0, 0.1) is 0 Å². The molecule has 0 saturated heterocycles. The molecule has 0 nitrogen and oxygen atoms in total. The van der Waals surface area contributed by atoms with E-state index in [1.54, 1.807) is 0 Å². The average Bonchev–Trinajstić information content (AvgIpc) is 2.66. The van der Waals surface area contributed by atoms with Gasteiger partial charge in [-0.05, 0) is 45.1 Å². The van der Waals surface area contributed by atoms with E-state index in [0.29, 0.717) is 0 Å². The molecule has 1 aromatic rings. The normalized spacial score (nSPS) is 9.12. The summed E-state index contributed by atoms with van der Waals surface area (Å²) >= 11 is 0. The highest BCUT2D eigenvalue weighted by molar-refractivity contribution is 5.14. The van der Waals surface area contributed by atoms with Crippen LogP contribution in [0.2, 0.25) is 0 Å². The number of hydrogen-bond donors (Lipinski definition) is 0. The Bertz CT molecular complexity index is 393. The van der Waals surface area contributed by atoms with Gasteiger partial charge in [0.15, 0.2) is 0 Å². The van der Waals surface area contributed by atoms with E-state index < -0.39 is 0 Å². The first-order valence-corrected chi connectivity index (χ1v) is 9.66. The van der Waals surface area contributed by atoms with Gasteiger partial charge in [0.2, 0.25) is 0 Å². The van der Waals surface area contributed by atoms with Crippen LogP contribution in [0.3, 0.4) is 0 Å². The lowest BCUT2D eigenvalue weighted by Gasteiger charge is -2.03. The van der Waals surface area contributed by atoms with Gasteiger partial charge in [0, 0.05) is 0 Å². The van der Waals surface area contributed by atoms with Crippen molar-refractivity contribution >= 4 is 0 Å². The Morgan fingerprint density at radius 3 is 1.80 bits per heavy atom. The van der Waals surface area contributed by atoms with Crippen LogP contribution in [-0.2, 0) is 6.42 Å². The van der Waals surface area contributed by atoms with E-state index in [-0.39, 0.29) is 7.43 Å². The molecule has 0 aromatic heterocycles. The summed E-state index contributed by atoms with van der Waals surface area (Å²) in [6, 6.07) is 10.8. The molecule has 0 unspecified atom stereocenters. The van der Waals surface area contributed by atoms with Gasteiger partial charge in [-0.15, -0.1) is 0 Å². The predicted molar refractivity (Wildman–Crippen MR) is 120 cm³/mol. The maximum Gasteiger partial charge on any atom is -0.0279 e. The third-order valence-electron chi connectivity index (χ3n) is 3.68. The van der Waals surface area contributed by atoms with Crippen LogP contribution in [0.15, 0.2) is 67.3 Å². The lowest BCUT2D eigenvalue weighted by molar-refractivity contribution is 0.594. The van der Waals surface area contributed by atoms with E-state index in [2.05, 4.69) is 43.5 Å². The molecule has 144 valence electrons. The highest BCUT2D eigenvalue weighted by Gasteiger charge is 1.94. The lowest BCUT2D eigenvalue weighted by atomic mass is 10.0. The number of rotatable bonds is 10.